The molecule has 0 bridgehead atoms. The molecule has 0 amide bonds. The van der Waals surface area contributed by atoms with Crippen LogP contribution in [0.4, 0.5) is 0 Å². The number of benzene rings is 4. The molecule has 1 saturated heterocycles. The molecule has 1 aliphatic rings. The lowest BCUT2D eigenvalue weighted by molar-refractivity contribution is -0.326. The van der Waals surface area contributed by atoms with Gasteiger partial charge in [-0.2, -0.15) is 0 Å². The van der Waals surface area contributed by atoms with Crippen molar-refractivity contribution in [3.8, 4) is 0 Å². The fourth-order valence-corrected chi connectivity index (χ4v) is 5.04. The normalized spacial score (nSPS) is 21.8. The van der Waals surface area contributed by atoms with E-state index in [1.54, 1.807) is 6.08 Å². The summed E-state index contributed by atoms with van der Waals surface area (Å²) in [4.78, 5) is 0. The molecule has 6 nitrogen and oxygen atoms in total. The van der Waals surface area contributed by atoms with Crippen molar-refractivity contribution in [2.75, 3.05) is 13.2 Å². The molecule has 4 aromatic rings. The molecule has 224 valence electrons. The van der Waals surface area contributed by atoms with Gasteiger partial charge in [0.15, 0.2) is 6.29 Å². The van der Waals surface area contributed by atoms with Crippen molar-refractivity contribution in [3.63, 3.8) is 0 Å². The highest BCUT2D eigenvalue weighted by molar-refractivity contribution is 5.16. The van der Waals surface area contributed by atoms with Gasteiger partial charge in [-0.1, -0.05) is 127 Å². The Labute approximate surface area is 254 Å². The molecule has 0 saturated carbocycles. The van der Waals surface area contributed by atoms with Crippen LogP contribution in [-0.2, 0) is 54.8 Å². The molecule has 1 fully saturated rings. The Morgan fingerprint density at radius 1 is 0.512 bits per heavy atom. The Balaban J connectivity index is 1.41. The molecule has 6 heteroatoms. The van der Waals surface area contributed by atoms with Gasteiger partial charge in [0.05, 0.1) is 39.6 Å². The van der Waals surface area contributed by atoms with Gasteiger partial charge in [-0.05, 0) is 22.3 Å². The molecule has 1 aliphatic heterocycles. The third-order valence-electron chi connectivity index (χ3n) is 7.22. The predicted octanol–water partition coefficient (Wildman–Crippen LogP) is 6.89. The summed E-state index contributed by atoms with van der Waals surface area (Å²) < 4.78 is 38.8. The fraction of sp³-hybridized carbons (Fsp3) is 0.297. The molecule has 0 spiro atoms. The average Bonchev–Trinajstić information content (AvgIpc) is 3.07. The quantitative estimate of drug-likeness (QED) is 0.135. The molecule has 0 aliphatic carbocycles. The summed E-state index contributed by atoms with van der Waals surface area (Å²) in [5.74, 6) is 0. The maximum absolute atomic E-state index is 6.68. The minimum Gasteiger partial charge on any atom is -0.374 e. The van der Waals surface area contributed by atoms with Crippen LogP contribution in [0, 0.1) is 0 Å². The fourth-order valence-electron chi connectivity index (χ4n) is 5.04. The highest BCUT2D eigenvalue weighted by atomic mass is 16.7. The van der Waals surface area contributed by atoms with E-state index in [1.807, 2.05) is 121 Å². The Bertz CT molecular complexity index is 1320. The van der Waals surface area contributed by atoms with Crippen LogP contribution in [0.3, 0.4) is 0 Å². The van der Waals surface area contributed by atoms with Crippen molar-refractivity contribution < 1.29 is 28.4 Å². The van der Waals surface area contributed by atoms with E-state index in [1.165, 1.54) is 0 Å². The lowest BCUT2D eigenvalue weighted by atomic mass is 9.97. The first kappa shape index (κ1) is 30.8. The predicted molar refractivity (Wildman–Crippen MR) is 166 cm³/mol. The molecular weight excluding hydrogens is 540 g/mol. The van der Waals surface area contributed by atoms with Gasteiger partial charge < -0.3 is 28.4 Å². The van der Waals surface area contributed by atoms with Crippen molar-refractivity contribution in [3.05, 3.63) is 156 Å². The first-order chi connectivity index (χ1) is 21.3. The van der Waals surface area contributed by atoms with Crippen molar-refractivity contribution in [2.45, 2.75) is 57.1 Å². The molecule has 1 unspecified atom stereocenters. The second kappa shape index (κ2) is 16.9. The van der Waals surface area contributed by atoms with Crippen LogP contribution in [0.1, 0.15) is 22.3 Å². The van der Waals surface area contributed by atoms with Crippen LogP contribution in [0.5, 0.6) is 0 Å². The maximum atomic E-state index is 6.68. The molecule has 43 heavy (non-hydrogen) atoms. The van der Waals surface area contributed by atoms with E-state index in [9.17, 15) is 0 Å². The molecule has 5 rings (SSSR count). The standard InChI is InChI=1S/C37H40O6/c1-2-23-39-37-36(42-27-32-21-13-6-14-22-32)35(41-26-31-19-11-5-12-20-31)34(40-25-30-17-9-4-10-18-30)33(43-37)28-38-24-29-15-7-3-8-16-29/h2-22,33-37H,1,23-28H2/t33-,34-,35+,36+,37?/m1/s1. The summed E-state index contributed by atoms with van der Waals surface area (Å²) in [5.41, 5.74) is 4.24. The smallest absolute Gasteiger partial charge is 0.187 e. The Morgan fingerprint density at radius 2 is 0.930 bits per heavy atom. The van der Waals surface area contributed by atoms with E-state index in [-0.39, 0.29) is 0 Å². The second-order valence-corrected chi connectivity index (χ2v) is 10.4. The molecule has 0 aromatic heterocycles. The van der Waals surface area contributed by atoms with Gasteiger partial charge in [0.1, 0.15) is 24.4 Å². The van der Waals surface area contributed by atoms with Gasteiger partial charge >= 0.3 is 0 Å². The van der Waals surface area contributed by atoms with Crippen molar-refractivity contribution in [1.29, 1.82) is 0 Å². The summed E-state index contributed by atoms with van der Waals surface area (Å²) in [7, 11) is 0. The zero-order valence-corrected chi connectivity index (χ0v) is 24.4. The molecule has 1 heterocycles. The Kier molecular flexibility index (Phi) is 12.1. The SMILES string of the molecule is C=CCOC1O[C@H](COCc2ccccc2)[C@@H](OCc2ccccc2)[C@H](OCc2ccccc2)[C@@H]1OCc1ccccc1. The number of rotatable bonds is 16. The van der Waals surface area contributed by atoms with Gasteiger partial charge in [0.2, 0.25) is 0 Å². The van der Waals surface area contributed by atoms with Gasteiger partial charge in [-0.25, -0.2) is 0 Å². The molecule has 0 radical (unpaired) electrons. The molecular formula is C37H40O6. The molecule has 5 atom stereocenters. The summed E-state index contributed by atoms with van der Waals surface area (Å²) in [6, 6.07) is 40.3. The third-order valence-corrected chi connectivity index (χ3v) is 7.22. The van der Waals surface area contributed by atoms with Crippen LogP contribution < -0.4 is 0 Å². The summed E-state index contributed by atoms with van der Waals surface area (Å²) in [6.45, 7) is 6.02. The Hall–Kier alpha value is -3.62. The van der Waals surface area contributed by atoms with E-state index in [0.29, 0.717) is 39.6 Å². The monoisotopic (exact) mass is 580 g/mol. The van der Waals surface area contributed by atoms with Crippen LogP contribution in [-0.4, -0.2) is 43.9 Å². The lowest BCUT2D eigenvalue weighted by Crippen LogP contribution is -2.61. The minimum absolute atomic E-state index is 0.291. The lowest BCUT2D eigenvalue weighted by Gasteiger charge is -2.45. The average molecular weight is 581 g/mol. The third kappa shape index (κ3) is 9.43. The summed E-state index contributed by atoms with van der Waals surface area (Å²) in [5, 5.41) is 0. The van der Waals surface area contributed by atoms with Crippen LogP contribution in [0.25, 0.3) is 0 Å². The van der Waals surface area contributed by atoms with E-state index >= 15 is 0 Å². The maximum Gasteiger partial charge on any atom is 0.187 e. The van der Waals surface area contributed by atoms with E-state index in [2.05, 4.69) is 6.58 Å². The summed E-state index contributed by atoms with van der Waals surface area (Å²) in [6.07, 6.45) is -1.07. The number of ether oxygens (including phenoxy) is 6. The number of hydrogen-bond acceptors (Lipinski definition) is 6. The van der Waals surface area contributed by atoms with Crippen molar-refractivity contribution in [2.24, 2.45) is 0 Å². The first-order valence-electron chi connectivity index (χ1n) is 14.8. The molecule has 4 aromatic carbocycles. The highest BCUT2D eigenvalue weighted by Crippen LogP contribution is 2.31. The van der Waals surface area contributed by atoms with Gasteiger partial charge in [-0.3, -0.25) is 0 Å². The zero-order chi connectivity index (χ0) is 29.5. The first-order valence-corrected chi connectivity index (χ1v) is 14.8. The van der Waals surface area contributed by atoms with Crippen LogP contribution in [0.2, 0.25) is 0 Å². The summed E-state index contributed by atoms with van der Waals surface area (Å²) >= 11 is 0. The van der Waals surface area contributed by atoms with Crippen molar-refractivity contribution in [1.82, 2.24) is 0 Å². The van der Waals surface area contributed by atoms with E-state index < -0.39 is 30.7 Å². The van der Waals surface area contributed by atoms with E-state index in [0.717, 1.165) is 22.3 Å². The topological polar surface area (TPSA) is 55.4 Å². The van der Waals surface area contributed by atoms with Crippen LogP contribution in [0.15, 0.2) is 134 Å². The Morgan fingerprint density at radius 3 is 1.40 bits per heavy atom. The minimum atomic E-state index is -0.718. The van der Waals surface area contributed by atoms with Gasteiger partial charge in [-0.15, -0.1) is 6.58 Å². The van der Waals surface area contributed by atoms with Gasteiger partial charge in [0.25, 0.3) is 0 Å². The zero-order valence-electron chi connectivity index (χ0n) is 24.4. The number of hydrogen-bond donors (Lipinski definition) is 0. The molecule has 0 N–H and O–H groups in total. The largest absolute Gasteiger partial charge is 0.374 e. The van der Waals surface area contributed by atoms with Crippen LogP contribution >= 0.6 is 0 Å². The highest BCUT2D eigenvalue weighted by Gasteiger charge is 2.49. The van der Waals surface area contributed by atoms with Crippen molar-refractivity contribution >= 4 is 0 Å². The van der Waals surface area contributed by atoms with E-state index in [4.69, 9.17) is 28.4 Å². The van der Waals surface area contributed by atoms with Gasteiger partial charge in [0, 0.05) is 0 Å². The second-order valence-electron chi connectivity index (χ2n) is 10.4.